The van der Waals surface area contributed by atoms with Crippen molar-refractivity contribution < 1.29 is 61.7 Å². The zero-order valence-corrected chi connectivity index (χ0v) is 11.0. The van der Waals surface area contributed by atoms with Crippen molar-refractivity contribution in [1.29, 1.82) is 0 Å². The fourth-order valence-electron chi connectivity index (χ4n) is 0. The smallest absolute Gasteiger partial charge is 2.00 e. The van der Waals surface area contributed by atoms with Crippen molar-refractivity contribution in [2.24, 2.45) is 0 Å². The van der Waals surface area contributed by atoms with Crippen LogP contribution in [0.25, 0.3) is 0 Å². The molecule has 0 saturated carbocycles. The molecule has 1 radical (unpaired) electrons. The number of rotatable bonds is 0. The molecule has 0 spiro atoms. The van der Waals surface area contributed by atoms with E-state index in [0.29, 0.717) is 0 Å². The van der Waals surface area contributed by atoms with Crippen LogP contribution in [0.2, 0.25) is 0 Å². The van der Waals surface area contributed by atoms with E-state index in [1.165, 1.54) is 0 Å². The Hall–Kier alpha value is 3.30. The van der Waals surface area contributed by atoms with Crippen LogP contribution in [0.5, 0.6) is 0 Å². The van der Waals surface area contributed by atoms with Crippen LogP contribution in [0.3, 0.4) is 0 Å². The zero-order chi connectivity index (χ0) is 0. The molecule has 21 valence electrons. The molecule has 0 heterocycles. The Morgan fingerprint density at radius 2 is 1.00 bits per heavy atom. The average Bonchev–Trinajstić information content (AvgIpc) is 0. The van der Waals surface area contributed by atoms with Crippen LogP contribution in [-0.2, 0) is 61.7 Å². The maximum atomic E-state index is 0. The van der Waals surface area contributed by atoms with Crippen molar-refractivity contribution in [3.8, 4) is 0 Å². The van der Waals surface area contributed by atoms with Gasteiger partial charge in [0.1, 0.15) is 0 Å². The molecule has 0 aliphatic heterocycles. The second-order valence-corrected chi connectivity index (χ2v) is 0. The molecule has 0 aliphatic rings. The predicted molar refractivity (Wildman–Crippen MR) is 6.44 cm³/mol. The van der Waals surface area contributed by atoms with Crippen LogP contribution in [0, 0.1) is 0 Å². The van der Waals surface area contributed by atoms with E-state index in [2.05, 4.69) is 0 Å². The van der Waals surface area contributed by atoms with E-state index in [4.69, 9.17) is 0 Å². The monoisotopic (exact) mass is 362 g/mol. The third-order valence-electron chi connectivity index (χ3n) is 0. The largest absolute Gasteiger partial charge is 5.00 e. The molecule has 0 saturated heterocycles. The zero-order valence-electron chi connectivity index (χ0n) is 2.25. The summed E-state index contributed by atoms with van der Waals surface area (Å²) >= 11 is 0. The minimum atomic E-state index is 0. The van der Waals surface area contributed by atoms with Gasteiger partial charge in [-0.15, -0.1) is 0 Å². The van der Waals surface area contributed by atoms with Crippen molar-refractivity contribution in [2.45, 2.75) is 0 Å². The van der Waals surface area contributed by atoms with E-state index in [1.54, 1.807) is 0 Å². The fraction of sp³-hybridized carbons (Fsp3) is 0. The van der Waals surface area contributed by atoms with Gasteiger partial charge in [0.25, 0.3) is 0 Å². The maximum Gasteiger partial charge on any atom is 5.00 e. The molecule has 5 heavy (non-hydrogen) atoms. The Bertz CT molecular complexity index is 11.6. The standard InChI is InChI=1S/Ba.Co.Fe.Nb.O/q3*+2;+5;-2. The Morgan fingerprint density at radius 3 is 1.00 bits per heavy atom. The van der Waals surface area contributed by atoms with Crippen molar-refractivity contribution in [3.05, 3.63) is 0 Å². The minimum absolute atomic E-state index is 0. The molecule has 0 atom stereocenters. The SMILES string of the molecule is [Ba+2].[Co+2].[Fe+2].[Nb+5].[O-2]. The molecular formula is BaCoFeNbO+9. The van der Waals surface area contributed by atoms with Crippen LogP contribution in [-0.4, -0.2) is 48.9 Å². The van der Waals surface area contributed by atoms with Crippen molar-refractivity contribution >= 4 is 48.9 Å². The molecule has 0 bridgehead atoms. The van der Waals surface area contributed by atoms with Crippen LogP contribution in [0.4, 0.5) is 0 Å². The van der Waals surface area contributed by atoms with Gasteiger partial charge in [0, 0.05) is 0 Å². The first-order valence-electron chi connectivity index (χ1n) is 0. The van der Waals surface area contributed by atoms with E-state index < -0.39 is 0 Å². The van der Waals surface area contributed by atoms with Gasteiger partial charge >= 0.3 is 105 Å². The van der Waals surface area contributed by atoms with Gasteiger partial charge in [-0.1, -0.05) is 0 Å². The molecule has 5 heteroatoms. The van der Waals surface area contributed by atoms with Crippen LogP contribution >= 0.6 is 0 Å². The summed E-state index contributed by atoms with van der Waals surface area (Å²) in [6.07, 6.45) is 0. The van der Waals surface area contributed by atoms with Gasteiger partial charge < -0.3 is 5.48 Å². The molecule has 1 nitrogen and oxygen atoms in total. The van der Waals surface area contributed by atoms with Gasteiger partial charge in [0.05, 0.1) is 0 Å². The molecule has 0 aromatic carbocycles. The second kappa shape index (κ2) is 26.6. The van der Waals surface area contributed by atoms with Gasteiger partial charge in [-0.2, -0.15) is 0 Å². The first-order valence-corrected chi connectivity index (χ1v) is 0. The third kappa shape index (κ3) is 18.8. The van der Waals surface area contributed by atoms with Gasteiger partial charge in [0.15, 0.2) is 0 Å². The van der Waals surface area contributed by atoms with E-state index >= 15 is 0 Å². The number of hydrogen-bond donors (Lipinski definition) is 0. The second-order valence-electron chi connectivity index (χ2n) is 0. The summed E-state index contributed by atoms with van der Waals surface area (Å²) in [5, 5.41) is 0. The van der Waals surface area contributed by atoms with Crippen LogP contribution in [0.15, 0.2) is 0 Å². The van der Waals surface area contributed by atoms with E-state index in [1.807, 2.05) is 0 Å². The quantitative estimate of drug-likeness (QED) is 0.521. The van der Waals surface area contributed by atoms with E-state index in [9.17, 15) is 0 Å². The summed E-state index contributed by atoms with van der Waals surface area (Å²) in [4.78, 5) is 0. The number of hydrogen-bond acceptors (Lipinski definition) is 0. The van der Waals surface area contributed by atoms with Crippen molar-refractivity contribution in [1.82, 2.24) is 0 Å². The Balaban J connectivity index is 0. The van der Waals surface area contributed by atoms with Gasteiger partial charge in [-0.25, -0.2) is 0 Å². The van der Waals surface area contributed by atoms with Gasteiger partial charge in [-0.05, 0) is 0 Å². The summed E-state index contributed by atoms with van der Waals surface area (Å²) in [5.74, 6) is 0. The van der Waals surface area contributed by atoms with E-state index in [-0.39, 0.29) is 111 Å². The molecule has 0 unspecified atom stereocenters. The molecule has 0 aromatic rings. The molecule has 0 fully saturated rings. The molecule has 0 aromatic heterocycles. The maximum absolute atomic E-state index is 0. The summed E-state index contributed by atoms with van der Waals surface area (Å²) in [7, 11) is 0. The summed E-state index contributed by atoms with van der Waals surface area (Å²) in [6, 6.07) is 0. The molecule has 0 N–H and O–H groups in total. The van der Waals surface area contributed by atoms with Crippen LogP contribution in [0.1, 0.15) is 0 Å². The Morgan fingerprint density at radius 1 is 1.00 bits per heavy atom. The minimum Gasteiger partial charge on any atom is -2.00 e. The summed E-state index contributed by atoms with van der Waals surface area (Å²) in [5.41, 5.74) is 0. The fourth-order valence-corrected chi connectivity index (χ4v) is 0. The molecule has 0 aliphatic carbocycles. The predicted octanol–water partition coefficient (Wildman–Crippen LogP) is -0.507. The van der Waals surface area contributed by atoms with Crippen molar-refractivity contribution in [2.75, 3.05) is 0 Å². The molecule has 0 amide bonds. The first kappa shape index (κ1) is 40.6. The van der Waals surface area contributed by atoms with Gasteiger partial charge in [0.2, 0.25) is 0 Å². The summed E-state index contributed by atoms with van der Waals surface area (Å²) < 4.78 is 0. The van der Waals surface area contributed by atoms with Crippen LogP contribution < -0.4 is 0 Å². The van der Waals surface area contributed by atoms with Gasteiger partial charge in [-0.3, -0.25) is 0 Å². The molecule has 0 rings (SSSR count). The normalized spacial score (nSPS) is 0. The molecular weight excluding hydrogens is 361 g/mol. The average molecular weight is 361 g/mol. The third-order valence-corrected chi connectivity index (χ3v) is 0. The van der Waals surface area contributed by atoms with Crippen molar-refractivity contribution in [3.63, 3.8) is 0 Å². The Labute approximate surface area is 108 Å². The first-order chi connectivity index (χ1) is 0. The topological polar surface area (TPSA) is 28.5 Å². The summed E-state index contributed by atoms with van der Waals surface area (Å²) in [6.45, 7) is 0. The van der Waals surface area contributed by atoms with E-state index in [0.717, 1.165) is 0 Å². The Kier molecular flexibility index (Phi) is 216.